The number of rotatable bonds is 5. The molecule has 2 aliphatic rings. The summed E-state index contributed by atoms with van der Waals surface area (Å²) in [6.45, 7) is 2.65. The van der Waals surface area contributed by atoms with Gasteiger partial charge in [0, 0.05) is 28.9 Å². The lowest BCUT2D eigenvalue weighted by molar-refractivity contribution is 0.0438. The van der Waals surface area contributed by atoms with E-state index in [0.717, 1.165) is 42.6 Å². The number of hydrogen-bond donors (Lipinski definition) is 2. The van der Waals surface area contributed by atoms with Crippen LogP contribution < -0.4 is 10.1 Å². The van der Waals surface area contributed by atoms with Crippen LogP contribution in [0.4, 0.5) is 0 Å². The van der Waals surface area contributed by atoms with Crippen LogP contribution in [0.1, 0.15) is 40.1 Å². The first-order valence-corrected chi connectivity index (χ1v) is 10.3. The zero-order valence-corrected chi connectivity index (χ0v) is 15.8. The molecule has 0 saturated heterocycles. The van der Waals surface area contributed by atoms with Crippen LogP contribution in [-0.4, -0.2) is 35.7 Å². The number of para-hydroxylation sites is 1. The summed E-state index contributed by atoms with van der Waals surface area (Å²) in [4.78, 5) is 13.8. The minimum atomic E-state index is -0.551. The number of benzene rings is 1. The van der Waals surface area contributed by atoms with Crippen LogP contribution >= 0.6 is 11.3 Å². The maximum atomic E-state index is 12.6. The van der Waals surface area contributed by atoms with Crippen LogP contribution in [-0.2, 0) is 6.42 Å². The first-order valence-electron chi connectivity index (χ1n) is 9.38. The molecule has 4 rings (SSSR count). The van der Waals surface area contributed by atoms with E-state index in [1.165, 1.54) is 4.88 Å². The topological polar surface area (TPSA) is 58.6 Å². The van der Waals surface area contributed by atoms with Gasteiger partial charge >= 0.3 is 0 Å². The average Bonchev–Trinajstić information content (AvgIpc) is 3.25. The van der Waals surface area contributed by atoms with Gasteiger partial charge in [-0.1, -0.05) is 18.2 Å². The predicted molar refractivity (Wildman–Crippen MR) is 103 cm³/mol. The first-order chi connectivity index (χ1) is 12.6. The van der Waals surface area contributed by atoms with E-state index >= 15 is 0 Å². The number of carbonyl (C=O) groups excluding carboxylic acids is 1. The van der Waals surface area contributed by atoms with Gasteiger partial charge in [0.1, 0.15) is 18.0 Å². The molecule has 0 spiro atoms. The maximum absolute atomic E-state index is 12.6. The van der Waals surface area contributed by atoms with Gasteiger partial charge < -0.3 is 15.2 Å². The van der Waals surface area contributed by atoms with Gasteiger partial charge in [-0.05, 0) is 55.7 Å². The molecule has 1 fully saturated rings. The Morgan fingerprint density at radius 2 is 2.08 bits per heavy atom. The summed E-state index contributed by atoms with van der Waals surface area (Å²) in [6.07, 6.45) is 2.81. The molecule has 4 nitrogen and oxygen atoms in total. The summed E-state index contributed by atoms with van der Waals surface area (Å²) >= 11 is 1.68. The summed E-state index contributed by atoms with van der Waals surface area (Å²) in [6, 6.07) is 9.83. The molecule has 1 aromatic heterocycles. The van der Waals surface area contributed by atoms with E-state index in [-0.39, 0.29) is 23.8 Å². The van der Waals surface area contributed by atoms with Gasteiger partial charge in [-0.2, -0.15) is 0 Å². The highest BCUT2D eigenvalue weighted by atomic mass is 32.1. The summed E-state index contributed by atoms with van der Waals surface area (Å²) in [7, 11) is 0. The van der Waals surface area contributed by atoms with Gasteiger partial charge in [0.05, 0.1) is 0 Å². The Morgan fingerprint density at radius 1 is 1.23 bits per heavy atom. The van der Waals surface area contributed by atoms with E-state index in [1.54, 1.807) is 11.3 Å². The zero-order valence-electron chi connectivity index (χ0n) is 15.0. The average molecular weight is 372 g/mol. The van der Waals surface area contributed by atoms with Gasteiger partial charge in [0.15, 0.2) is 5.78 Å². The Hall–Kier alpha value is -1.69. The number of carbonyl (C=O) groups is 1. The second-order valence-electron chi connectivity index (χ2n) is 7.36. The summed E-state index contributed by atoms with van der Waals surface area (Å²) in [5.74, 6) is 1.10. The van der Waals surface area contributed by atoms with Crippen molar-refractivity contribution in [2.75, 3.05) is 6.54 Å². The lowest BCUT2D eigenvalue weighted by Gasteiger charge is -2.26. The monoisotopic (exact) mass is 371 g/mol. The fourth-order valence-corrected chi connectivity index (χ4v) is 4.95. The molecule has 138 valence electrons. The van der Waals surface area contributed by atoms with Crippen molar-refractivity contribution in [3.8, 4) is 5.75 Å². The third-order valence-corrected chi connectivity index (χ3v) is 6.64. The van der Waals surface area contributed by atoms with Crippen LogP contribution in [0.5, 0.6) is 5.75 Å². The zero-order chi connectivity index (χ0) is 18.1. The van der Waals surface area contributed by atoms with Crippen molar-refractivity contribution in [3.05, 3.63) is 51.7 Å². The number of aryl methyl sites for hydroxylation is 2. The molecular weight excluding hydrogens is 346 g/mol. The van der Waals surface area contributed by atoms with Gasteiger partial charge in [-0.3, -0.25) is 4.79 Å². The van der Waals surface area contributed by atoms with E-state index in [0.29, 0.717) is 6.54 Å². The van der Waals surface area contributed by atoms with Crippen molar-refractivity contribution in [1.82, 2.24) is 5.32 Å². The molecule has 1 saturated carbocycles. The Balaban J connectivity index is 1.33. The molecule has 2 aromatic rings. The fraction of sp³-hybridized carbons (Fsp3) is 0.476. The number of ether oxygens (including phenoxy) is 1. The lowest BCUT2D eigenvalue weighted by atomic mass is 9.87. The van der Waals surface area contributed by atoms with E-state index in [9.17, 15) is 9.90 Å². The van der Waals surface area contributed by atoms with Crippen LogP contribution in [0.15, 0.2) is 35.7 Å². The molecule has 4 unspecified atom stereocenters. The van der Waals surface area contributed by atoms with Crippen LogP contribution in [0.3, 0.4) is 0 Å². The molecule has 1 heterocycles. The molecule has 2 aliphatic carbocycles. The van der Waals surface area contributed by atoms with Crippen molar-refractivity contribution in [2.24, 2.45) is 5.92 Å². The van der Waals surface area contributed by atoms with Crippen LogP contribution in [0.25, 0.3) is 0 Å². The van der Waals surface area contributed by atoms with E-state index in [2.05, 4.69) is 5.32 Å². The SMILES string of the molecule is Cc1ccccc1OC1CCC(NCC2CCc3sccc3C2=O)C1O. The highest BCUT2D eigenvalue weighted by molar-refractivity contribution is 7.10. The Bertz CT molecular complexity index is 787. The third-order valence-electron chi connectivity index (χ3n) is 5.66. The van der Waals surface area contributed by atoms with Crippen molar-refractivity contribution in [1.29, 1.82) is 0 Å². The van der Waals surface area contributed by atoms with E-state index in [4.69, 9.17) is 4.74 Å². The summed E-state index contributed by atoms with van der Waals surface area (Å²) in [5.41, 5.74) is 1.98. The van der Waals surface area contributed by atoms with Gasteiger partial charge in [0.25, 0.3) is 0 Å². The molecule has 0 radical (unpaired) electrons. The lowest BCUT2D eigenvalue weighted by Crippen LogP contribution is -2.44. The fourth-order valence-electron chi connectivity index (χ4n) is 4.05. The number of aliphatic hydroxyl groups excluding tert-OH is 1. The largest absolute Gasteiger partial charge is 0.487 e. The molecule has 4 atom stereocenters. The highest BCUT2D eigenvalue weighted by Gasteiger charge is 2.37. The predicted octanol–water partition coefficient (Wildman–Crippen LogP) is 3.36. The number of hydrogen-bond acceptors (Lipinski definition) is 5. The van der Waals surface area contributed by atoms with Crippen molar-refractivity contribution < 1.29 is 14.6 Å². The number of Topliss-reactive ketones (excluding diaryl/α,β-unsaturated/α-hetero) is 1. The normalized spacial score (nSPS) is 28.2. The first kappa shape index (κ1) is 17.7. The number of thiophene rings is 1. The molecule has 5 heteroatoms. The third kappa shape index (κ3) is 3.43. The van der Waals surface area contributed by atoms with Gasteiger partial charge in [0.2, 0.25) is 0 Å². The van der Waals surface area contributed by atoms with Crippen molar-refractivity contribution in [2.45, 2.75) is 50.9 Å². The second-order valence-corrected chi connectivity index (χ2v) is 8.36. The molecule has 2 N–H and O–H groups in total. The number of ketones is 1. The van der Waals surface area contributed by atoms with Gasteiger partial charge in [-0.25, -0.2) is 0 Å². The number of nitrogens with one attached hydrogen (secondary N) is 1. The minimum absolute atomic E-state index is 0.0132. The summed E-state index contributed by atoms with van der Waals surface area (Å²) < 4.78 is 6.04. The van der Waals surface area contributed by atoms with Crippen molar-refractivity contribution in [3.63, 3.8) is 0 Å². The highest BCUT2D eigenvalue weighted by Crippen LogP contribution is 2.30. The van der Waals surface area contributed by atoms with E-state index < -0.39 is 6.10 Å². The van der Waals surface area contributed by atoms with Gasteiger partial charge in [-0.15, -0.1) is 11.3 Å². The van der Waals surface area contributed by atoms with Crippen LogP contribution in [0.2, 0.25) is 0 Å². The minimum Gasteiger partial charge on any atom is -0.487 e. The number of fused-ring (bicyclic) bond motifs is 1. The number of aliphatic hydroxyl groups is 1. The Labute approximate surface area is 158 Å². The second kappa shape index (κ2) is 7.51. The molecule has 26 heavy (non-hydrogen) atoms. The smallest absolute Gasteiger partial charge is 0.168 e. The molecule has 1 aromatic carbocycles. The van der Waals surface area contributed by atoms with Crippen molar-refractivity contribution >= 4 is 17.1 Å². The molecule has 0 bridgehead atoms. The maximum Gasteiger partial charge on any atom is 0.168 e. The Morgan fingerprint density at radius 3 is 2.92 bits per heavy atom. The standard InChI is InChI=1S/C21H25NO3S/c1-13-4-2-3-5-17(13)25-18-8-7-16(21(18)24)22-12-14-6-9-19-15(20(14)23)10-11-26-19/h2-5,10-11,14,16,18,21-22,24H,6-9,12H2,1H3. The van der Waals surface area contributed by atoms with Crippen LogP contribution in [0, 0.1) is 12.8 Å². The van der Waals surface area contributed by atoms with E-state index in [1.807, 2.05) is 42.6 Å². The molecule has 0 aliphatic heterocycles. The Kier molecular flexibility index (Phi) is 5.11. The summed E-state index contributed by atoms with van der Waals surface area (Å²) in [5, 5.41) is 16.1. The quantitative estimate of drug-likeness (QED) is 0.846. The molecular formula is C21H25NO3S. The molecule has 0 amide bonds.